The number of halogens is 1. The first-order valence-corrected chi connectivity index (χ1v) is 12.8. The van der Waals surface area contributed by atoms with Crippen LogP contribution in [0, 0.1) is 11.3 Å². The quantitative estimate of drug-likeness (QED) is 0.337. The van der Waals surface area contributed by atoms with E-state index in [1.165, 1.54) is 22.5 Å². The monoisotopic (exact) mass is 494 g/mol. The standard InChI is InChI=1S/C26H23ClN2O4S/c27-24-14-11-22(17-25(24)34(31,32)29-15-3-1-2-4-16-29)26(30)33-23-12-9-21(10-13-23)20-7-5-19(18-28)6-8-20/h5-14,17H,1-4,15-16H2. The molecule has 1 aliphatic rings. The Balaban J connectivity index is 1.51. The van der Waals surface area contributed by atoms with Crippen molar-refractivity contribution in [1.29, 1.82) is 5.26 Å². The first-order chi connectivity index (χ1) is 16.4. The Bertz CT molecular complexity index is 1320. The molecule has 0 unspecified atom stereocenters. The molecular formula is C26H23ClN2O4S. The second-order valence-electron chi connectivity index (χ2n) is 8.07. The number of esters is 1. The Morgan fingerprint density at radius 1 is 0.882 bits per heavy atom. The summed E-state index contributed by atoms with van der Waals surface area (Å²) < 4.78 is 33.3. The Kier molecular flexibility index (Phi) is 7.32. The minimum atomic E-state index is -3.81. The van der Waals surface area contributed by atoms with Crippen molar-refractivity contribution < 1.29 is 17.9 Å². The third kappa shape index (κ3) is 5.31. The predicted molar refractivity (Wildman–Crippen MR) is 130 cm³/mol. The zero-order valence-electron chi connectivity index (χ0n) is 18.4. The molecule has 0 aliphatic carbocycles. The summed E-state index contributed by atoms with van der Waals surface area (Å²) in [7, 11) is -3.81. The highest BCUT2D eigenvalue weighted by molar-refractivity contribution is 7.89. The number of benzene rings is 3. The zero-order valence-corrected chi connectivity index (χ0v) is 20.0. The average Bonchev–Trinajstić information content (AvgIpc) is 3.15. The van der Waals surface area contributed by atoms with Gasteiger partial charge in [-0.15, -0.1) is 0 Å². The summed E-state index contributed by atoms with van der Waals surface area (Å²) in [4.78, 5) is 12.7. The van der Waals surface area contributed by atoms with Crippen LogP contribution in [0.3, 0.4) is 0 Å². The van der Waals surface area contributed by atoms with Crippen molar-refractivity contribution in [2.75, 3.05) is 13.1 Å². The lowest BCUT2D eigenvalue weighted by Crippen LogP contribution is -2.32. The van der Waals surface area contributed by atoms with Crippen LogP contribution in [0.4, 0.5) is 0 Å². The second-order valence-corrected chi connectivity index (χ2v) is 10.4. The third-order valence-corrected chi connectivity index (χ3v) is 8.14. The zero-order chi connectivity index (χ0) is 24.1. The number of hydrogen-bond acceptors (Lipinski definition) is 5. The summed E-state index contributed by atoms with van der Waals surface area (Å²) in [5.41, 5.74) is 2.52. The molecule has 0 spiro atoms. The number of carbonyl (C=O) groups excluding carboxylic acids is 1. The van der Waals surface area contributed by atoms with Crippen LogP contribution >= 0.6 is 11.6 Å². The fourth-order valence-corrected chi connectivity index (χ4v) is 5.89. The van der Waals surface area contributed by atoms with E-state index in [1.54, 1.807) is 36.4 Å². The minimum Gasteiger partial charge on any atom is -0.423 e. The number of hydrogen-bond donors (Lipinski definition) is 0. The van der Waals surface area contributed by atoms with Crippen LogP contribution in [0.15, 0.2) is 71.6 Å². The molecule has 0 N–H and O–H groups in total. The molecule has 1 aliphatic heterocycles. The van der Waals surface area contributed by atoms with Gasteiger partial charge in [0.15, 0.2) is 0 Å². The smallest absolute Gasteiger partial charge is 0.343 e. The van der Waals surface area contributed by atoms with Gasteiger partial charge < -0.3 is 4.74 Å². The van der Waals surface area contributed by atoms with E-state index >= 15 is 0 Å². The fourth-order valence-electron chi connectivity index (χ4n) is 3.87. The molecule has 0 atom stereocenters. The first-order valence-electron chi connectivity index (χ1n) is 11.0. The van der Waals surface area contributed by atoms with Gasteiger partial charge in [-0.3, -0.25) is 0 Å². The molecule has 1 saturated heterocycles. The van der Waals surface area contributed by atoms with E-state index in [1.807, 2.05) is 12.1 Å². The molecule has 0 radical (unpaired) electrons. The largest absolute Gasteiger partial charge is 0.423 e. The Hall–Kier alpha value is -3.18. The van der Waals surface area contributed by atoms with Crippen LogP contribution in [-0.2, 0) is 10.0 Å². The van der Waals surface area contributed by atoms with Gasteiger partial charge in [0.05, 0.1) is 22.2 Å². The molecule has 0 bridgehead atoms. The van der Waals surface area contributed by atoms with Gasteiger partial charge in [0.1, 0.15) is 10.6 Å². The van der Waals surface area contributed by atoms with Crippen LogP contribution < -0.4 is 4.74 Å². The van der Waals surface area contributed by atoms with E-state index in [9.17, 15) is 13.2 Å². The molecule has 3 aromatic rings. The van der Waals surface area contributed by atoms with Crippen molar-refractivity contribution >= 4 is 27.6 Å². The van der Waals surface area contributed by atoms with Gasteiger partial charge in [-0.2, -0.15) is 9.57 Å². The highest BCUT2D eigenvalue weighted by atomic mass is 35.5. The van der Waals surface area contributed by atoms with Crippen molar-refractivity contribution in [3.05, 3.63) is 82.9 Å². The molecule has 0 amide bonds. The van der Waals surface area contributed by atoms with Gasteiger partial charge >= 0.3 is 5.97 Å². The number of nitriles is 1. The maximum absolute atomic E-state index is 13.2. The van der Waals surface area contributed by atoms with E-state index < -0.39 is 16.0 Å². The number of nitrogens with zero attached hydrogens (tertiary/aromatic N) is 2. The molecule has 4 rings (SSSR count). The number of rotatable bonds is 5. The predicted octanol–water partition coefficient (Wildman–Crippen LogP) is 5.66. The Morgan fingerprint density at radius 2 is 1.47 bits per heavy atom. The summed E-state index contributed by atoms with van der Waals surface area (Å²) in [6, 6.07) is 20.3. The maximum atomic E-state index is 13.2. The highest BCUT2D eigenvalue weighted by Crippen LogP contribution is 2.29. The SMILES string of the molecule is N#Cc1ccc(-c2ccc(OC(=O)c3ccc(Cl)c(S(=O)(=O)N4CCCCCC4)c3)cc2)cc1. The van der Waals surface area contributed by atoms with Crippen LogP contribution in [0.1, 0.15) is 41.6 Å². The Labute approximate surface area is 204 Å². The number of carbonyl (C=O) groups is 1. The van der Waals surface area contributed by atoms with E-state index in [4.69, 9.17) is 21.6 Å². The van der Waals surface area contributed by atoms with Gasteiger partial charge in [-0.25, -0.2) is 13.2 Å². The summed E-state index contributed by atoms with van der Waals surface area (Å²) in [5.74, 6) is -0.343. The van der Waals surface area contributed by atoms with Crippen LogP contribution in [0.5, 0.6) is 5.75 Å². The lowest BCUT2D eigenvalue weighted by atomic mass is 10.0. The molecule has 6 nitrogen and oxygen atoms in total. The highest BCUT2D eigenvalue weighted by Gasteiger charge is 2.28. The lowest BCUT2D eigenvalue weighted by molar-refractivity contribution is 0.0734. The topological polar surface area (TPSA) is 87.5 Å². The summed E-state index contributed by atoms with van der Waals surface area (Å²) >= 11 is 6.22. The van der Waals surface area contributed by atoms with Gasteiger partial charge in [0.2, 0.25) is 10.0 Å². The van der Waals surface area contributed by atoms with Crippen molar-refractivity contribution in [3.63, 3.8) is 0 Å². The molecule has 34 heavy (non-hydrogen) atoms. The summed E-state index contributed by atoms with van der Waals surface area (Å²) in [5, 5.41) is 9.00. The summed E-state index contributed by atoms with van der Waals surface area (Å²) in [6.45, 7) is 0.887. The first kappa shape index (κ1) is 24.0. The second kappa shape index (κ2) is 10.4. The molecule has 3 aromatic carbocycles. The fraction of sp³-hybridized carbons (Fsp3) is 0.231. The normalized spacial score (nSPS) is 14.7. The molecule has 0 aromatic heterocycles. The molecule has 1 fully saturated rings. The third-order valence-electron chi connectivity index (χ3n) is 5.76. The number of ether oxygens (including phenoxy) is 1. The van der Waals surface area contributed by atoms with Gasteiger partial charge in [0.25, 0.3) is 0 Å². The molecule has 8 heteroatoms. The summed E-state index contributed by atoms with van der Waals surface area (Å²) in [6.07, 6.45) is 3.60. The number of sulfonamides is 1. The lowest BCUT2D eigenvalue weighted by Gasteiger charge is -2.21. The average molecular weight is 495 g/mol. The van der Waals surface area contributed by atoms with Crippen molar-refractivity contribution in [3.8, 4) is 22.9 Å². The van der Waals surface area contributed by atoms with Crippen LogP contribution in [0.2, 0.25) is 5.02 Å². The minimum absolute atomic E-state index is 0.0765. The van der Waals surface area contributed by atoms with E-state index in [2.05, 4.69) is 6.07 Å². The van der Waals surface area contributed by atoms with Crippen molar-refractivity contribution in [2.45, 2.75) is 30.6 Å². The van der Waals surface area contributed by atoms with E-state index in [-0.39, 0.29) is 15.5 Å². The molecule has 0 saturated carbocycles. The van der Waals surface area contributed by atoms with Crippen molar-refractivity contribution in [1.82, 2.24) is 4.31 Å². The van der Waals surface area contributed by atoms with E-state index in [0.717, 1.165) is 36.8 Å². The Morgan fingerprint density at radius 3 is 2.06 bits per heavy atom. The van der Waals surface area contributed by atoms with Crippen LogP contribution in [-0.4, -0.2) is 31.8 Å². The van der Waals surface area contributed by atoms with Gasteiger partial charge in [-0.1, -0.05) is 48.7 Å². The van der Waals surface area contributed by atoms with Crippen LogP contribution in [0.25, 0.3) is 11.1 Å². The maximum Gasteiger partial charge on any atom is 0.343 e. The molecule has 174 valence electrons. The van der Waals surface area contributed by atoms with Gasteiger partial charge in [0, 0.05) is 13.1 Å². The molecule has 1 heterocycles. The van der Waals surface area contributed by atoms with Gasteiger partial charge in [-0.05, 0) is 66.4 Å². The van der Waals surface area contributed by atoms with E-state index in [0.29, 0.717) is 24.4 Å². The molecular weight excluding hydrogens is 472 g/mol. The van der Waals surface area contributed by atoms with Crippen molar-refractivity contribution in [2.24, 2.45) is 0 Å².